The van der Waals surface area contributed by atoms with E-state index in [9.17, 15) is 9.36 Å². The van der Waals surface area contributed by atoms with E-state index in [1.54, 1.807) is 18.2 Å². The molecule has 0 spiro atoms. The van der Waals surface area contributed by atoms with Crippen LogP contribution in [0.4, 0.5) is 0 Å². The van der Waals surface area contributed by atoms with E-state index in [0.29, 0.717) is 6.42 Å². The van der Waals surface area contributed by atoms with Crippen molar-refractivity contribution in [3.05, 3.63) is 30.3 Å². The second-order valence-electron chi connectivity index (χ2n) is 7.99. The maximum Gasteiger partial charge on any atom is 0.524 e. The highest BCUT2D eigenvalue weighted by Crippen LogP contribution is 2.36. The summed E-state index contributed by atoms with van der Waals surface area (Å²) in [5.41, 5.74) is 0. The minimum atomic E-state index is -4.39. The van der Waals surface area contributed by atoms with E-state index in [1.807, 2.05) is 0 Å². The molecule has 0 saturated carbocycles. The Labute approximate surface area is 188 Å². The zero-order valence-corrected chi connectivity index (χ0v) is 20.1. The van der Waals surface area contributed by atoms with Crippen LogP contribution in [0.15, 0.2) is 30.3 Å². The SMILES string of the molecule is CCCCCCCCCCCCCCCCCC(=O)O.O=P(O)(O)Oc1ccccc1. The average Bonchev–Trinajstić information content (AvgIpc) is 2.71. The van der Waals surface area contributed by atoms with Gasteiger partial charge in [-0.3, -0.25) is 14.6 Å². The molecule has 0 amide bonds. The van der Waals surface area contributed by atoms with Crippen molar-refractivity contribution < 1.29 is 28.8 Å². The molecule has 0 heterocycles. The van der Waals surface area contributed by atoms with Crippen molar-refractivity contribution in [1.29, 1.82) is 0 Å². The van der Waals surface area contributed by atoms with Gasteiger partial charge in [0, 0.05) is 6.42 Å². The number of carbonyl (C=O) groups is 1. The van der Waals surface area contributed by atoms with E-state index in [0.717, 1.165) is 12.8 Å². The normalized spacial score (nSPS) is 10.9. The van der Waals surface area contributed by atoms with Gasteiger partial charge < -0.3 is 9.63 Å². The summed E-state index contributed by atoms with van der Waals surface area (Å²) in [6.45, 7) is 2.27. The molecule has 0 atom stereocenters. The number of hydrogen-bond acceptors (Lipinski definition) is 3. The fourth-order valence-corrected chi connectivity index (χ4v) is 3.66. The van der Waals surface area contributed by atoms with Crippen molar-refractivity contribution in [2.24, 2.45) is 0 Å². The van der Waals surface area contributed by atoms with Gasteiger partial charge in [0.05, 0.1) is 0 Å². The molecule has 0 radical (unpaired) electrons. The van der Waals surface area contributed by atoms with E-state index in [4.69, 9.17) is 14.9 Å². The standard InChI is InChI=1S/C18H36O2.C6H7O4P/c1-2-3-4-5-6-7-8-9-10-11-12-13-14-15-16-17-18(19)20;7-11(8,9)10-6-4-2-1-3-5-6/h2-17H2,1H3,(H,19,20);1-5H,(H2,7,8,9). The smallest absolute Gasteiger partial charge is 0.481 e. The summed E-state index contributed by atoms with van der Waals surface area (Å²) in [6, 6.07) is 7.93. The Morgan fingerprint density at radius 1 is 0.742 bits per heavy atom. The maximum atomic E-state index is 10.3. The average molecular weight is 459 g/mol. The summed E-state index contributed by atoms with van der Waals surface area (Å²) in [5, 5.41) is 8.52. The van der Waals surface area contributed by atoms with Crippen LogP contribution in [-0.4, -0.2) is 20.9 Å². The highest BCUT2D eigenvalue weighted by molar-refractivity contribution is 7.46. The minimum absolute atomic E-state index is 0.167. The maximum absolute atomic E-state index is 10.3. The third kappa shape index (κ3) is 24.8. The molecule has 0 aliphatic heterocycles. The molecule has 0 saturated heterocycles. The van der Waals surface area contributed by atoms with E-state index >= 15 is 0 Å². The summed E-state index contributed by atoms with van der Waals surface area (Å²) < 4.78 is 14.5. The van der Waals surface area contributed by atoms with Crippen molar-refractivity contribution in [3.63, 3.8) is 0 Å². The number of rotatable bonds is 18. The van der Waals surface area contributed by atoms with Crippen molar-refractivity contribution >= 4 is 13.8 Å². The quantitative estimate of drug-likeness (QED) is 0.155. The number of aliphatic carboxylic acids is 1. The highest BCUT2D eigenvalue weighted by atomic mass is 31.2. The Kier molecular flexibility index (Phi) is 19.6. The molecule has 0 fully saturated rings. The Hall–Kier alpha value is -1.36. The predicted octanol–water partition coefficient (Wildman–Crippen LogP) is 7.49. The lowest BCUT2D eigenvalue weighted by Gasteiger charge is -2.04. The molecule has 1 rings (SSSR count). The van der Waals surface area contributed by atoms with Crippen LogP contribution < -0.4 is 4.52 Å². The van der Waals surface area contributed by atoms with Gasteiger partial charge in [-0.25, -0.2) is 4.57 Å². The van der Waals surface area contributed by atoms with Crippen LogP contribution in [0, 0.1) is 0 Å². The predicted molar refractivity (Wildman–Crippen MR) is 126 cm³/mol. The van der Waals surface area contributed by atoms with Crippen LogP contribution in [0.25, 0.3) is 0 Å². The molecule has 1 aromatic rings. The Balaban J connectivity index is 0.000000683. The van der Waals surface area contributed by atoms with Gasteiger partial charge in [0.15, 0.2) is 0 Å². The van der Waals surface area contributed by atoms with Crippen LogP contribution in [0.3, 0.4) is 0 Å². The number of benzene rings is 1. The van der Waals surface area contributed by atoms with Gasteiger partial charge in [0.25, 0.3) is 0 Å². The Morgan fingerprint density at radius 3 is 1.48 bits per heavy atom. The topological polar surface area (TPSA) is 104 Å². The van der Waals surface area contributed by atoms with Crippen molar-refractivity contribution in [2.45, 2.75) is 110 Å². The molecule has 0 unspecified atom stereocenters. The first-order valence-electron chi connectivity index (χ1n) is 11.9. The summed E-state index contributed by atoms with van der Waals surface area (Å²) >= 11 is 0. The molecule has 180 valence electrons. The lowest BCUT2D eigenvalue weighted by atomic mass is 10.0. The summed E-state index contributed by atoms with van der Waals surface area (Å²) in [5.74, 6) is -0.486. The zero-order chi connectivity index (χ0) is 23.2. The molecule has 0 bridgehead atoms. The summed E-state index contributed by atoms with van der Waals surface area (Å²) in [7, 11) is -4.39. The second kappa shape index (κ2) is 20.5. The van der Waals surface area contributed by atoms with Gasteiger partial charge in [-0.2, -0.15) is 0 Å². The molecule has 6 nitrogen and oxygen atoms in total. The molecule has 1 aromatic carbocycles. The van der Waals surface area contributed by atoms with E-state index in [-0.39, 0.29) is 5.75 Å². The van der Waals surface area contributed by atoms with Crippen molar-refractivity contribution in [2.75, 3.05) is 0 Å². The Morgan fingerprint density at radius 2 is 1.13 bits per heavy atom. The largest absolute Gasteiger partial charge is 0.524 e. The molecular weight excluding hydrogens is 415 g/mol. The van der Waals surface area contributed by atoms with Crippen LogP contribution in [0.1, 0.15) is 110 Å². The summed E-state index contributed by atoms with van der Waals surface area (Å²) in [6.07, 6.45) is 20.2. The molecular formula is C24H43O6P. The van der Waals surface area contributed by atoms with Crippen LogP contribution >= 0.6 is 7.82 Å². The number of carboxylic acids is 1. The van der Waals surface area contributed by atoms with Crippen molar-refractivity contribution in [1.82, 2.24) is 0 Å². The fourth-order valence-electron chi connectivity index (χ4n) is 3.27. The number of hydrogen-bond donors (Lipinski definition) is 3. The first-order valence-corrected chi connectivity index (χ1v) is 13.4. The molecule has 0 aromatic heterocycles. The van der Waals surface area contributed by atoms with Gasteiger partial charge in [0.2, 0.25) is 0 Å². The van der Waals surface area contributed by atoms with Gasteiger partial charge >= 0.3 is 13.8 Å². The van der Waals surface area contributed by atoms with Gasteiger partial charge in [0.1, 0.15) is 5.75 Å². The molecule has 0 aliphatic carbocycles. The van der Waals surface area contributed by atoms with E-state index < -0.39 is 13.8 Å². The molecule has 3 N–H and O–H groups in total. The third-order valence-corrected chi connectivity index (χ3v) is 5.41. The van der Waals surface area contributed by atoms with Crippen LogP contribution in [0.5, 0.6) is 5.75 Å². The number of carboxylic acid groups (broad SMARTS) is 1. The molecule has 7 heteroatoms. The number of unbranched alkanes of at least 4 members (excludes halogenated alkanes) is 14. The summed E-state index contributed by atoms with van der Waals surface area (Å²) in [4.78, 5) is 27.1. The lowest BCUT2D eigenvalue weighted by molar-refractivity contribution is -0.137. The molecule has 31 heavy (non-hydrogen) atoms. The fraction of sp³-hybridized carbons (Fsp3) is 0.708. The minimum Gasteiger partial charge on any atom is -0.481 e. The number of para-hydroxylation sites is 1. The number of phosphoric acid groups is 1. The van der Waals surface area contributed by atoms with Crippen molar-refractivity contribution in [3.8, 4) is 5.75 Å². The third-order valence-electron chi connectivity index (χ3n) is 4.96. The highest BCUT2D eigenvalue weighted by Gasteiger charge is 2.14. The number of phosphoric ester groups is 1. The van der Waals surface area contributed by atoms with Crippen LogP contribution in [0.2, 0.25) is 0 Å². The van der Waals surface area contributed by atoms with Gasteiger partial charge in [-0.05, 0) is 18.6 Å². The zero-order valence-electron chi connectivity index (χ0n) is 19.2. The van der Waals surface area contributed by atoms with E-state index in [2.05, 4.69) is 11.4 Å². The van der Waals surface area contributed by atoms with Gasteiger partial charge in [-0.1, -0.05) is 115 Å². The monoisotopic (exact) mass is 458 g/mol. The first-order chi connectivity index (χ1) is 14.8. The van der Waals surface area contributed by atoms with E-state index in [1.165, 1.54) is 95.6 Å². The molecule has 0 aliphatic rings. The van der Waals surface area contributed by atoms with Crippen LogP contribution in [-0.2, 0) is 9.36 Å². The van der Waals surface area contributed by atoms with Gasteiger partial charge in [-0.15, -0.1) is 0 Å². The first kappa shape index (κ1) is 29.6. The lowest BCUT2D eigenvalue weighted by Crippen LogP contribution is -1.93. The second-order valence-corrected chi connectivity index (χ2v) is 9.15. The Bertz CT molecular complexity index is 573.